The highest BCUT2D eigenvalue weighted by Gasteiger charge is 2.20. The Kier molecular flexibility index (Phi) is 5.21. The van der Waals surface area contributed by atoms with E-state index in [0.29, 0.717) is 24.9 Å². The second-order valence-electron chi connectivity index (χ2n) is 5.29. The molecule has 1 fully saturated rings. The van der Waals surface area contributed by atoms with Crippen molar-refractivity contribution in [3.8, 4) is 5.88 Å². The molecule has 110 valence electrons. The van der Waals surface area contributed by atoms with Crippen LogP contribution in [0.3, 0.4) is 0 Å². The van der Waals surface area contributed by atoms with Gasteiger partial charge in [-0.1, -0.05) is 6.92 Å². The smallest absolute Gasteiger partial charge is 0.317 e. The highest BCUT2D eigenvalue weighted by atomic mass is 16.5. The van der Waals surface area contributed by atoms with E-state index in [1.54, 1.807) is 6.20 Å². The third-order valence-corrected chi connectivity index (χ3v) is 3.48. The van der Waals surface area contributed by atoms with Crippen molar-refractivity contribution < 1.29 is 9.53 Å². The van der Waals surface area contributed by atoms with Gasteiger partial charge in [0.05, 0.1) is 6.61 Å². The Morgan fingerprint density at radius 3 is 3.20 bits per heavy atom. The molecule has 1 aromatic rings. The van der Waals surface area contributed by atoms with Crippen LogP contribution >= 0.6 is 0 Å². The summed E-state index contributed by atoms with van der Waals surface area (Å²) in [7, 11) is 0. The second kappa shape index (κ2) is 7.12. The summed E-state index contributed by atoms with van der Waals surface area (Å²) in [6.07, 6.45) is 4.01. The molecule has 5 heteroatoms. The first kappa shape index (κ1) is 14.6. The van der Waals surface area contributed by atoms with Gasteiger partial charge in [0.15, 0.2) is 0 Å². The van der Waals surface area contributed by atoms with Crippen molar-refractivity contribution in [3.05, 3.63) is 23.9 Å². The largest absolute Gasteiger partial charge is 0.478 e. The summed E-state index contributed by atoms with van der Waals surface area (Å²) in [6.45, 7) is 6.92. The minimum absolute atomic E-state index is 0.0197. The molecule has 0 aliphatic carbocycles. The summed E-state index contributed by atoms with van der Waals surface area (Å²) in [5, 5.41) is 2.96. The van der Waals surface area contributed by atoms with Crippen molar-refractivity contribution in [2.24, 2.45) is 5.92 Å². The minimum atomic E-state index is 0.0197. The normalized spacial score (nSPS) is 18.7. The van der Waals surface area contributed by atoms with Crippen molar-refractivity contribution >= 4 is 6.03 Å². The van der Waals surface area contributed by atoms with Crippen molar-refractivity contribution in [1.29, 1.82) is 0 Å². The van der Waals surface area contributed by atoms with Crippen molar-refractivity contribution in [1.82, 2.24) is 15.2 Å². The van der Waals surface area contributed by atoms with E-state index in [9.17, 15) is 4.79 Å². The number of nitrogens with one attached hydrogen (secondary N) is 1. The molecule has 1 aromatic heterocycles. The first-order chi connectivity index (χ1) is 9.69. The number of carbonyl (C=O) groups is 1. The predicted octanol–water partition coefficient (Wildman–Crippen LogP) is 2.42. The minimum Gasteiger partial charge on any atom is -0.478 e. The maximum atomic E-state index is 12.1. The number of hydrogen-bond donors (Lipinski definition) is 1. The fourth-order valence-electron chi connectivity index (χ4n) is 2.45. The Balaban J connectivity index is 1.85. The Morgan fingerprint density at radius 2 is 2.45 bits per heavy atom. The van der Waals surface area contributed by atoms with Gasteiger partial charge >= 0.3 is 6.03 Å². The Morgan fingerprint density at radius 1 is 1.60 bits per heavy atom. The molecule has 2 heterocycles. The van der Waals surface area contributed by atoms with Gasteiger partial charge in [-0.25, -0.2) is 9.78 Å². The number of hydrogen-bond acceptors (Lipinski definition) is 3. The first-order valence-corrected chi connectivity index (χ1v) is 7.29. The molecular weight excluding hydrogens is 254 g/mol. The molecule has 1 saturated heterocycles. The lowest BCUT2D eigenvalue weighted by Crippen LogP contribution is -2.44. The topological polar surface area (TPSA) is 54.5 Å². The van der Waals surface area contributed by atoms with Gasteiger partial charge in [0, 0.05) is 31.9 Å². The number of likely N-dealkylation sites (tertiary alicyclic amines) is 1. The zero-order valence-electron chi connectivity index (χ0n) is 12.3. The highest BCUT2D eigenvalue weighted by Crippen LogP contribution is 2.15. The Bertz CT molecular complexity index is 450. The molecule has 0 spiro atoms. The summed E-state index contributed by atoms with van der Waals surface area (Å²) in [6, 6.07) is 3.77. The van der Waals surface area contributed by atoms with Crippen LogP contribution in [-0.4, -0.2) is 35.6 Å². The van der Waals surface area contributed by atoms with Gasteiger partial charge in [-0.3, -0.25) is 0 Å². The third kappa shape index (κ3) is 4.11. The predicted molar refractivity (Wildman–Crippen MR) is 77.6 cm³/mol. The number of amides is 2. The zero-order chi connectivity index (χ0) is 14.4. The Labute approximate surface area is 120 Å². The quantitative estimate of drug-likeness (QED) is 0.919. The summed E-state index contributed by atoms with van der Waals surface area (Å²) < 4.78 is 5.35. The van der Waals surface area contributed by atoms with E-state index in [4.69, 9.17) is 4.74 Å². The highest BCUT2D eigenvalue weighted by molar-refractivity contribution is 5.74. The lowest BCUT2D eigenvalue weighted by atomic mass is 10.0. The van der Waals surface area contributed by atoms with Crippen LogP contribution in [0.25, 0.3) is 0 Å². The molecule has 2 rings (SSSR count). The van der Waals surface area contributed by atoms with E-state index < -0.39 is 0 Å². The molecule has 0 unspecified atom stereocenters. The number of aromatic nitrogens is 1. The summed E-state index contributed by atoms with van der Waals surface area (Å²) in [4.78, 5) is 18.1. The fourth-order valence-corrected chi connectivity index (χ4v) is 2.45. The van der Waals surface area contributed by atoms with Gasteiger partial charge in [-0.15, -0.1) is 0 Å². The van der Waals surface area contributed by atoms with Crippen LogP contribution in [0.15, 0.2) is 18.3 Å². The molecule has 1 aliphatic heterocycles. The zero-order valence-corrected chi connectivity index (χ0v) is 12.3. The molecule has 0 aromatic carbocycles. The Hall–Kier alpha value is -1.78. The van der Waals surface area contributed by atoms with Gasteiger partial charge in [-0.2, -0.15) is 0 Å². The van der Waals surface area contributed by atoms with Crippen molar-refractivity contribution in [2.45, 2.75) is 33.2 Å². The van der Waals surface area contributed by atoms with Crippen LogP contribution in [-0.2, 0) is 6.54 Å². The average molecular weight is 277 g/mol. The summed E-state index contributed by atoms with van der Waals surface area (Å²) in [5.74, 6) is 1.20. The second-order valence-corrected chi connectivity index (χ2v) is 5.29. The fraction of sp³-hybridized carbons (Fsp3) is 0.600. The maximum absolute atomic E-state index is 12.1. The lowest BCUT2D eigenvalue weighted by Gasteiger charge is -2.30. The van der Waals surface area contributed by atoms with Crippen molar-refractivity contribution in [3.63, 3.8) is 0 Å². The summed E-state index contributed by atoms with van der Waals surface area (Å²) in [5.41, 5.74) is 1.00. The maximum Gasteiger partial charge on any atom is 0.317 e. The summed E-state index contributed by atoms with van der Waals surface area (Å²) >= 11 is 0. The number of rotatable bonds is 4. The standard InChI is InChI=1S/C15H23N3O2/c1-3-20-14-9-13(6-7-16-14)10-17-15(19)18-8-4-5-12(2)11-18/h6-7,9,12H,3-5,8,10-11H2,1-2H3,(H,17,19)/t12-/m1/s1. The van der Waals surface area contributed by atoms with Crippen LogP contribution in [0.2, 0.25) is 0 Å². The van der Waals surface area contributed by atoms with E-state index >= 15 is 0 Å². The van der Waals surface area contributed by atoms with Crippen LogP contribution in [0.4, 0.5) is 4.79 Å². The monoisotopic (exact) mass is 277 g/mol. The molecular formula is C15H23N3O2. The van der Waals surface area contributed by atoms with Gasteiger partial charge < -0.3 is 15.0 Å². The van der Waals surface area contributed by atoms with Crippen LogP contribution < -0.4 is 10.1 Å². The molecule has 2 amide bonds. The number of nitrogens with zero attached hydrogens (tertiary/aromatic N) is 2. The van der Waals surface area contributed by atoms with Crippen LogP contribution in [0.5, 0.6) is 5.88 Å². The van der Waals surface area contributed by atoms with E-state index in [1.165, 1.54) is 6.42 Å². The van der Waals surface area contributed by atoms with Gasteiger partial charge in [0.2, 0.25) is 5.88 Å². The molecule has 0 saturated carbocycles. The average Bonchev–Trinajstić information content (AvgIpc) is 2.45. The first-order valence-electron chi connectivity index (χ1n) is 7.29. The molecule has 1 atom stereocenters. The molecule has 20 heavy (non-hydrogen) atoms. The molecule has 0 radical (unpaired) electrons. The van der Waals surface area contributed by atoms with E-state index in [2.05, 4.69) is 17.2 Å². The van der Waals surface area contributed by atoms with Gasteiger partial charge in [0.1, 0.15) is 0 Å². The van der Waals surface area contributed by atoms with Gasteiger partial charge in [-0.05, 0) is 37.3 Å². The van der Waals surface area contributed by atoms with Crippen LogP contribution in [0, 0.1) is 5.92 Å². The number of urea groups is 1. The molecule has 5 nitrogen and oxygen atoms in total. The van der Waals surface area contributed by atoms with Crippen LogP contribution in [0.1, 0.15) is 32.3 Å². The van der Waals surface area contributed by atoms with E-state index in [0.717, 1.165) is 25.1 Å². The third-order valence-electron chi connectivity index (χ3n) is 3.48. The number of piperidine rings is 1. The van der Waals surface area contributed by atoms with E-state index in [1.807, 2.05) is 24.0 Å². The number of ether oxygens (including phenoxy) is 1. The van der Waals surface area contributed by atoms with Crippen molar-refractivity contribution in [2.75, 3.05) is 19.7 Å². The molecule has 0 bridgehead atoms. The molecule has 1 N–H and O–H groups in total. The van der Waals surface area contributed by atoms with Gasteiger partial charge in [0.25, 0.3) is 0 Å². The number of carbonyl (C=O) groups excluding carboxylic acids is 1. The molecule has 1 aliphatic rings. The van der Waals surface area contributed by atoms with E-state index in [-0.39, 0.29) is 6.03 Å². The SMILES string of the molecule is CCOc1cc(CNC(=O)N2CCC[C@@H](C)C2)ccn1. The lowest BCUT2D eigenvalue weighted by molar-refractivity contribution is 0.169. The number of pyridine rings is 1.